The van der Waals surface area contributed by atoms with Gasteiger partial charge in [-0.25, -0.2) is 0 Å². The first-order valence-electron chi connectivity index (χ1n) is 8.81. The second-order valence-electron chi connectivity index (χ2n) is 6.61. The Labute approximate surface area is 157 Å². The smallest absolute Gasteiger partial charge is 0.227 e. The second-order valence-corrected chi connectivity index (χ2v) is 6.61. The lowest BCUT2D eigenvalue weighted by Gasteiger charge is -2.17. The van der Waals surface area contributed by atoms with Crippen LogP contribution in [-0.2, 0) is 9.59 Å². The van der Waals surface area contributed by atoms with Gasteiger partial charge in [0.15, 0.2) is 5.75 Å². The van der Waals surface area contributed by atoms with Gasteiger partial charge in [-0.1, -0.05) is 24.3 Å². The molecule has 0 spiro atoms. The normalized spacial score (nSPS) is 16.3. The molecule has 0 radical (unpaired) electrons. The lowest BCUT2D eigenvalue weighted by atomic mass is 10.1. The van der Waals surface area contributed by atoms with Gasteiger partial charge in [0.1, 0.15) is 0 Å². The molecule has 1 aliphatic heterocycles. The molecule has 0 saturated carbocycles. The maximum Gasteiger partial charge on any atom is 0.227 e. The minimum absolute atomic E-state index is 0.0601. The summed E-state index contributed by atoms with van der Waals surface area (Å²) in [6, 6.07) is 14.4. The Morgan fingerprint density at radius 3 is 2.33 bits per heavy atom. The molecule has 0 bridgehead atoms. The first-order valence-corrected chi connectivity index (χ1v) is 8.81. The lowest BCUT2D eigenvalue weighted by Crippen LogP contribution is -2.29. The van der Waals surface area contributed by atoms with Crippen LogP contribution < -0.4 is 20.4 Å². The van der Waals surface area contributed by atoms with Crippen molar-refractivity contribution in [3.63, 3.8) is 0 Å². The van der Waals surface area contributed by atoms with E-state index in [9.17, 15) is 14.4 Å². The number of hydrogen-bond donors (Lipinski definition) is 1. The molecule has 0 aromatic heterocycles. The summed E-state index contributed by atoms with van der Waals surface area (Å²) in [5.41, 5.74) is 2.49. The number of carbonyl (C=O) groups excluding carboxylic acids is 2. The molecular weight excluding hydrogens is 344 g/mol. The Hall–Kier alpha value is -3.15. The largest absolute Gasteiger partial charge is 0.493 e. The molecule has 2 amide bonds. The Balaban J connectivity index is 1.76. The van der Waals surface area contributed by atoms with Gasteiger partial charge in [-0.3, -0.25) is 14.4 Å². The standard InChI is InChI=1S/C21H22N2O4/c1-14(24)22-12-15-11-21(26)23(13-15)18-7-3-16(4-8-18)17-5-9-19(25)20(27-2)10-6-17/h3-10,15H,11-13H2,1-2H3,(H,22,24). The molecule has 1 unspecified atom stereocenters. The van der Waals surface area contributed by atoms with Gasteiger partial charge in [0, 0.05) is 38.0 Å². The van der Waals surface area contributed by atoms with Gasteiger partial charge in [-0.15, -0.1) is 0 Å². The molecule has 1 aliphatic rings. The van der Waals surface area contributed by atoms with Gasteiger partial charge in [0.2, 0.25) is 17.2 Å². The number of amides is 2. The zero-order valence-corrected chi connectivity index (χ0v) is 15.4. The maximum absolute atomic E-state index is 12.3. The number of benzene rings is 1. The lowest BCUT2D eigenvalue weighted by molar-refractivity contribution is -0.120. The number of methoxy groups -OCH3 is 1. The minimum Gasteiger partial charge on any atom is -0.493 e. The quantitative estimate of drug-likeness (QED) is 0.880. The number of rotatable bonds is 5. The summed E-state index contributed by atoms with van der Waals surface area (Å²) in [6.07, 6.45) is 0.433. The summed E-state index contributed by atoms with van der Waals surface area (Å²) in [6.45, 7) is 2.58. The third-order valence-electron chi connectivity index (χ3n) is 4.65. The van der Waals surface area contributed by atoms with Crippen LogP contribution in [0, 0.1) is 5.92 Å². The van der Waals surface area contributed by atoms with Crippen molar-refractivity contribution in [2.75, 3.05) is 25.1 Å². The van der Waals surface area contributed by atoms with Crippen LogP contribution in [0.3, 0.4) is 0 Å². The molecule has 1 atom stereocenters. The van der Waals surface area contributed by atoms with Crippen LogP contribution in [0.1, 0.15) is 13.3 Å². The predicted octanol–water partition coefficient (Wildman–Crippen LogP) is 2.21. The summed E-state index contributed by atoms with van der Waals surface area (Å²) >= 11 is 0. The van der Waals surface area contributed by atoms with Crippen LogP contribution in [0.25, 0.3) is 11.1 Å². The molecule has 1 heterocycles. The van der Waals surface area contributed by atoms with E-state index < -0.39 is 0 Å². The highest BCUT2D eigenvalue weighted by molar-refractivity contribution is 5.96. The number of nitrogens with zero attached hydrogens (tertiary/aromatic N) is 1. The van der Waals surface area contributed by atoms with Crippen molar-refractivity contribution in [1.82, 2.24) is 5.32 Å². The van der Waals surface area contributed by atoms with E-state index >= 15 is 0 Å². The van der Waals surface area contributed by atoms with Gasteiger partial charge in [-0.2, -0.15) is 0 Å². The summed E-state index contributed by atoms with van der Waals surface area (Å²) in [5.74, 6) is 0.395. The van der Waals surface area contributed by atoms with Crippen LogP contribution in [0.5, 0.6) is 5.75 Å². The predicted molar refractivity (Wildman–Crippen MR) is 104 cm³/mol. The number of hydrogen-bond acceptors (Lipinski definition) is 4. The van der Waals surface area contributed by atoms with Crippen molar-refractivity contribution >= 4 is 17.5 Å². The van der Waals surface area contributed by atoms with Crippen LogP contribution in [0.2, 0.25) is 0 Å². The summed E-state index contributed by atoms with van der Waals surface area (Å²) < 4.78 is 5.06. The number of carbonyl (C=O) groups is 2. The van der Waals surface area contributed by atoms with Crippen LogP contribution in [-0.4, -0.2) is 32.0 Å². The second kappa shape index (κ2) is 8.03. The van der Waals surface area contributed by atoms with Crippen molar-refractivity contribution in [3.05, 3.63) is 58.8 Å². The highest BCUT2D eigenvalue weighted by Crippen LogP contribution is 2.27. The fourth-order valence-electron chi connectivity index (χ4n) is 3.20. The number of anilines is 1. The van der Waals surface area contributed by atoms with Gasteiger partial charge in [0.05, 0.1) is 7.11 Å². The van der Waals surface area contributed by atoms with Gasteiger partial charge >= 0.3 is 0 Å². The first-order chi connectivity index (χ1) is 13.0. The average molecular weight is 366 g/mol. The molecular formula is C21H22N2O4. The van der Waals surface area contributed by atoms with E-state index in [0.29, 0.717) is 25.3 Å². The average Bonchev–Trinajstić information content (AvgIpc) is 2.92. The molecule has 27 heavy (non-hydrogen) atoms. The third kappa shape index (κ3) is 4.34. The van der Waals surface area contributed by atoms with Crippen molar-refractivity contribution in [3.8, 4) is 16.9 Å². The fraction of sp³-hybridized carbons (Fsp3) is 0.286. The number of ether oxygens (including phenoxy) is 1. The topological polar surface area (TPSA) is 75.7 Å². The van der Waals surface area contributed by atoms with Crippen molar-refractivity contribution < 1.29 is 14.3 Å². The molecule has 6 heteroatoms. The molecule has 2 aromatic carbocycles. The Kier molecular flexibility index (Phi) is 5.54. The Morgan fingerprint density at radius 2 is 1.70 bits per heavy atom. The SMILES string of the molecule is COc1ccc(-c2ccc(N3CC(CNC(C)=O)CC3=O)cc2)ccc1=O. The van der Waals surface area contributed by atoms with Crippen LogP contribution >= 0.6 is 0 Å². The van der Waals surface area contributed by atoms with Gasteiger partial charge < -0.3 is 15.0 Å². The van der Waals surface area contributed by atoms with E-state index in [4.69, 9.17) is 4.74 Å². The highest BCUT2D eigenvalue weighted by atomic mass is 16.5. The van der Waals surface area contributed by atoms with E-state index in [0.717, 1.165) is 16.8 Å². The molecule has 2 aromatic rings. The van der Waals surface area contributed by atoms with E-state index in [-0.39, 0.29) is 23.2 Å². The Morgan fingerprint density at radius 1 is 1.07 bits per heavy atom. The van der Waals surface area contributed by atoms with E-state index in [2.05, 4.69) is 5.32 Å². The molecule has 1 saturated heterocycles. The molecule has 6 nitrogen and oxygen atoms in total. The maximum atomic E-state index is 12.3. The Bertz CT molecular complexity index is 909. The van der Waals surface area contributed by atoms with Crippen molar-refractivity contribution in [2.24, 2.45) is 5.92 Å². The zero-order valence-electron chi connectivity index (χ0n) is 15.4. The van der Waals surface area contributed by atoms with E-state index in [1.165, 1.54) is 20.1 Å². The molecule has 3 rings (SSSR count). The number of nitrogens with one attached hydrogen (secondary N) is 1. The van der Waals surface area contributed by atoms with Gasteiger partial charge in [-0.05, 0) is 35.4 Å². The summed E-state index contributed by atoms with van der Waals surface area (Å²) in [5, 5.41) is 2.77. The van der Waals surface area contributed by atoms with Crippen LogP contribution in [0.15, 0.2) is 53.3 Å². The third-order valence-corrected chi connectivity index (χ3v) is 4.65. The van der Waals surface area contributed by atoms with Gasteiger partial charge in [0.25, 0.3) is 0 Å². The van der Waals surface area contributed by atoms with Crippen LogP contribution in [0.4, 0.5) is 5.69 Å². The molecule has 1 fully saturated rings. The van der Waals surface area contributed by atoms with Crippen molar-refractivity contribution in [2.45, 2.75) is 13.3 Å². The first kappa shape index (κ1) is 18.6. The fourth-order valence-corrected chi connectivity index (χ4v) is 3.20. The highest BCUT2D eigenvalue weighted by Gasteiger charge is 2.30. The minimum atomic E-state index is -0.173. The molecule has 140 valence electrons. The molecule has 1 N–H and O–H groups in total. The van der Waals surface area contributed by atoms with Crippen molar-refractivity contribution in [1.29, 1.82) is 0 Å². The summed E-state index contributed by atoms with van der Waals surface area (Å²) in [7, 11) is 1.47. The summed E-state index contributed by atoms with van der Waals surface area (Å²) in [4.78, 5) is 36.9. The monoisotopic (exact) mass is 366 g/mol. The van der Waals surface area contributed by atoms with E-state index in [1.54, 1.807) is 17.0 Å². The van der Waals surface area contributed by atoms with E-state index in [1.807, 2.05) is 30.3 Å². The zero-order chi connectivity index (χ0) is 19.4. The molecule has 0 aliphatic carbocycles.